The normalized spacial score (nSPS) is 22.2. The number of benzene rings is 1. The van der Waals surface area contributed by atoms with Crippen LogP contribution in [0, 0.1) is 45.3 Å². The molecule has 0 saturated carbocycles. The van der Waals surface area contributed by atoms with E-state index in [1.54, 1.807) is 7.11 Å². The van der Waals surface area contributed by atoms with Gasteiger partial charge in [-0.25, -0.2) is 0 Å². The number of rotatable bonds is 4. The van der Waals surface area contributed by atoms with Crippen LogP contribution in [-0.2, 0) is 0 Å². The van der Waals surface area contributed by atoms with Crippen molar-refractivity contribution >= 4 is 12.4 Å². The first kappa shape index (κ1) is 24.1. The molecule has 3 rings (SSSR count). The van der Waals surface area contributed by atoms with Gasteiger partial charge in [-0.15, -0.1) is 12.4 Å². The van der Waals surface area contributed by atoms with Gasteiger partial charge in [-0.1, -0.05) is 12.1 Å². The van der Waals surface area contributed by atoms with Crippen molar-refractivity contribution in [2.45, 2.75) is 25.9 Å². The van der Waals surface area contributed by atoms with Crippen molar-refractivity contribution in [3.8, 4) is 29.7 Å². The molecule has 0 aromatic heterocycles. The largest absolute Gasteiger partial charge is 0.493 e. The quantitative estimate of drug-likeness (QED) is 0.715. The topological polar surface area (TPSA) is 119 Å². The van der Waals surface area contributed by atoms with Crippen molar-refractivity contribution in [2.75, 3.05) is 27.2 Å². The summed E-state index contributed by atoms with van der Waals surface area (Å²) in [4.78, 5) is 2.10. The molecule has 1 aliphatic heterocycles. The smallest absolute Gasteiger partial charge is 0.204 e. The molecule has 2 atom stereocenters. The molecule has 8 heteroatoms. The van der Waals surface area contributed by atoms with Gasteiger partial charge in [0.1, 0.15) is 0 Å². The average molecular weight is 440 g/mol. The van der Waals surface area contributed by atoms with Crippen LogP contribution in [0.3, 0.4) is 0 Å². The van der Waals surface area contributed by atoms with E-state index in [4.69, 9.17) is 15.2 Å². The minimum absolute atomic E-state index is 0. The molecule has 1 aromatic carbocycles. The second-order valence-electron chi connectivity index (χ2n) is 7.95. The molecule has 31 heavy (non-hydrogen) atoms. The van der Waals surface area contributed by atoms with Crippen molar-refractivity contribution in [3.63, 3.8) is 0 Å². The molecule has 1 aromatic rings. The Hall–Kier alpha value is -3.18. The highest BCUT2D eigenvalue weighted by atomic mass is 35.5. The Morgan fingerprint density at radius 2 is 1.87 bits per heavy atom. The molecule has 0 spiro atoms. The van der Waals surface area contributed by atoms with Crippen LogP contribution < -0.4 is 15.2 Å². The third kappa shape index (κ3) is 3.93. The number of fused-ring (bicyclic) bond motifs is 1. The van der Waals surface area contributed by atoms with Gasteiger partial charge in [0.15, 0.2) is 11.5 Å². The van der Waals surface area contributed by atoms with E-state index >= 15 is 0 Å². The Morgan fingerprint density at radius 1 is 1.19 bits per heavy atom. The molecule has 2 N–H and O–H groups in total. The van der Waals surface area contributed by atoms with Crippen molar-refractivity contribution in [2.24, 2.45) is 17.1 Å². The first-order valence-electron chi connectivity index (χ1n) is 9.79. The van der Waals surface area contributed by atoms with Crippen LogP contribution in [0.4, 0.5) is 0 Å². The second kappa shape index (κ2) is 9.31. The Kier molecular flexibility index (Phi) is 7.24. The summed E-state index contributed by atoms with van der Waals surface area (Å²) in [5.74, 6) is 0.552. The zero-order valence-corrected chi connectivity index (χ0v) is 18.9. The molecular weight excluding hydrogens is 414 g/mol. The van der Waals surface area contributed by atoms with Gasteiger partial charge in [0.25, 0.3) is 0 Å². The number of nitrogens with zero attached hydrogens (tertiary/aromatic N) is 4. The van der Waals surface area contributed by atoms with Crippen LogP contribution in [-0.4, -0.2) is 38.3 Å². The van der Waals surface area contributed by atoms with Crippen LogP contribution in [0.1, 0.15) is 25.3 Å². The molecule has 1 heterocycles. The highest BCUT2D eigenvalue weighted by Crippen LogP contribution is 2.53. The fourth-order valence-electron chi connectivity index (χ4n) is 4.39. The lowest BCUT2D eigenvalue weighted by molar-refractivity contribution is 0.229. The molecule has 0 fully saturated rings. The van der Waals surface area contributed by atoms with E-state index in [9.17, 15) is 15.8 Å². The lowest BCUT2D eigenvalue weighted by atomic mass is 9.60. The van der Waals surface area contributed by atoms with Crippen LogP contribution in [0.5, 0.6) is 11.5 Å². The SMILES string of the molecule is COc1ccc(C2C(C#N)=C(N)C(C#N)(C#N)C3=CCN(C)CC32)cc1OC(C)C.Cl. The monoisotopic (exact) mass is 439 g/mol. The van der Waals surface area contributed by atoms with E-state index in [1.807, 2.05) is 45.2 Å². The van der Waals surface area contributed by atoms with Crippen molar-refractivity contribution < 1.29 is 9.47 Å². The van der Waals surface area contributed by atoms with E-state index < -0.39 is 5.41 Å². The summed E-state index contributed by atoms with van der Waals surface area (Å²) < 4.78 is 11.3. The minimum Gasteiger partial charge on any atom is -0.493 e. The van der Waals surface area contributed by atoms with Gasteiger partial charge in [0.2, 0.25) is 5.41 Å². The summed E-state index contributed by atoms with van der Waals surface area (Å²) in [7, 11) is 3.55. The van der Waals surface area contributed by atoms with E-state index in [2.05, 4.69) is 23.1 Å². The average Bonchev–Trinajstić information content (AvgIpc) is 2.73. The Balaban J connectivity index is 0.00000341. The van der Waals surface area contributed by atoms with Crippen LogP contribution in [0.2, 0.25) is 0 Å². The van der Waals surface area contributed by atoms with Gasteiger partial charge in [-0.3, -0.25) is 0 Å². The highest BCUT2D eigenvalue weighted by molar-refractivity contribution is 5.85. The summed E-state index contributed by atoms with van der Waals surface area (Å²) in [5, 5.41) is 29.8. The number of nitriles is 3. The summed E-state index contributed by atoms with van der Waals surface area (Å²) in [6.07, 6.45) is 1.85. The first-order chi connectivity index (χ1) is 14.3. The predicted molar refractivity (Wildman–Crippen MR) is 118 cm³/mol. The summed E-state index contributed by atoms with van der Waals surface area (Å²) >= 11 is 0. The molecule has 0 amide bonds. The lowest BCUT2D eigenvalue weighted by Crippen LogP contribution is -2.46. The Morgan fingerprint density at radius 3 is 2.42 bits per heavy atom. The summed E-state index contributed by atoms with van der Waals surface area (Å²) in [6, 6.07) is 12.0. The molecular formula is C23H26ClN5O2. The fourth-order valence-corrected chi connectivity index (χ4v) is 4.39. The van der Waals surface area contributed by atoms with E-state index in [0.29, 0.717) is 30.2 Å². The van der Waals surface area contributed by atoms with Gasteiger partial charge in [0, 0.05) is 24.9 Å². The van der Waals surface area contributed by atoms with E-state index in [-0.39, 0.29) is 41.6 Å². The highest BCUT2D eigenvalue weighted by Gasteiger charge is 2.52. The second-order valence-corrected chi connectivity index (χ2v) is 7.95. The predicted octanol–water partition coefficient (Wildman–Crippen LogP) is 3.26. The molecule has 0 radical (unpaired) electrons. The molecule has 7 nitrogen and oxygen atoms in total. The number of likely N-dealkylation sites (N-methyl/N-ethyl adjacent to an activating group) is 1. The van der Waals surface area contributed by atoms with Crippen molar-refractivity contribution in [1.82, 2.24) is 4.90 Å². The molecule has 0 bridgehead atoms. The van der Waals surface area contributed by atoms with Gasteiger partial charge >= 0.3 is 0 Å². The van der Waals surface area contributed by atoms with Gasteiger partial charge in [0.05, 0.1) is 42.7 Å². The van der Waals surface area contributed by atoms with Crippen LogP contribution in [0.15, 0.2) is 41.1 Å². The van der Waals surface area contributed by atoms with E-state index in [1.165, 1.54) is 0 Å². The molecule has 162 valence electrons. The number of allylic oxidation sites excluding steroid dienone is 2. The number of halogens is 1. The zero-order valence-electron chi connectivity index (χ0n) is 18.0. The summed E-state index contributed by atoms with van der Waals surface area (Å²) in [6.45, 7) is 5.07. The van der Waals surface area contributed by atoms with Gasteiger partial charge in [-0.05, 0) is 44.2 Å². The third-order valence-electron chi connectivity index (χ3n) is 5.74. The lowest BCUT2D eigenvalue weighted by Gasteiger charge is -2.44. The maximum atomic E-state index is 9.99. The van der Waals surface area contributed by atoms with Crippen molar-refractivity contribution in [3.05, 3.63) is 46.7 Å². The third-order valence-corrected chi connectivity index (χ3v) is 5.74. The number of methoxy groups -OCH3 is 1. The first-order valence-corrected chi connectivity index (χ1v) is 9.79. The van der Waals surface area contributed by atoms with Crippen molar-refractivity contribution in [1.29, 1.82) is 15.8 Å². The van der Waals surface area contributed by atoms with Gasteiger partial charge in [-0.2, -0.15) is 15.8 Å². The number of ether oxygens (including phenoxy) is 2. The number of nitrogens with two attached hydrogens (primary N) is 1. The maximum Gasteiger partial charge on any atom is 0.204 e. The molecule has 2 unspecified atom stereocenters. The Labute approximate surface area is 189 Å². The molecule has 1 aliphatic carbocycles. The summed E-state index contributed by atoms with van der Waals surface area (Å²) in [5.41, 5.74) is 6.51. The minimum atomic E-state index is -1.61. The van der Waals surface area contributed by atoms with Gasteiger partial charge < -0.3 is 20.1 Å². The standard InChI is InChI=1S/C23H25N5O2.ClH/c1-14(2)30-20-9-15(5-6-19(20)29-4)21-16(10-24)22(27)23(12-25,13-26)18-7-8-28(3)11-17(18)21;/h5-7,9,14,17,21H,8,11,27H2,1-4H3;1H. The van der Waals surface area contributed by atoms with Crippen LogP contribution >= 0.6 is 12.4 Å². The maximum absolute atomic E-state index is 9.99. The van der Waals surface area contributed by atoms with Crippen LogP contribution in [0.25, 0.3) is 0 Å². The van der Waals surface area contributed by atoms with E-state index in [0.717, 1.165) is 5.56 Å². The zero-order chi connectivity index (χ0) is 22.1. The Bertz CT molecular complexity index is 1030. The fraction of sp³-hybridized carbons (Fsp3) is 0.435. The number of hydrogen-bond donors (Lipinski definition) is 1. The molecule has 0 saturated heterocycles. The number of hydrogen-bond acceptors (Lipinski definition) is 7. The molecule has 2 aliphatic rings.